The third-order valence-electron chi connectivity index (χ3n) is 1.72. The zero-order valence-corrected chi connectivity index (χ0v) is 4.14. The highest BCUT2D eigenvalue weighted by Gasteiger charge is 2.42. The minimum Gasteiger partial charge on any atom is -0.232 e. The molecule has 1 rings (SSSR count). The Kier molecular flexibility index (Phi) is 0.667. The second-order valence-electron chi connectivity index (χ2n) is 2.18. The van der Waals surface area contributed by atoms with E-state index in [1.54, 1.807) is 0 Å². The molecule has 0 unspecified atom stereocenters. The van der Waals surface area contributed by atoms with Crippen molar-refractivity contribution in [3.05, 3.63) is 0 Å². The number of hydrogen-bond donors (Lipinski definition) is 0. The predicted molar refractivity (Wildman–Crippen MR) is 22.8 cm³/mol. The summed E-state index contributed by atoms with van der Waals surface area (Å²) < 4.78 is 0. The molecule has 0 aromatic rings. The van der Waals surface area contributed by atoms with E-state index >= 15 is 0 Å². The van der Waals surface area contributed by atoms with Crippen molar-refractivity contribution in [1.29, 1.82) is 0 Å². The molecule has 0 spiro atoms. The molecule has 1 aliphatic carbocycles. The first kappa shape index (κ1) is 4.13. The molecule has 6 heavy (non-hydrogen) atoms. The van der Waals surface area contributed by atoms with Gasteiger partial charge in [-0.3, -0.25) is 0 Å². The molecule has 2 atom stereocenters. The molecule has 0 bridgehead atoms. The van der Waals surface area contributed by atoms with Crippen LogP contribution in [0.5, 0.6) is 0 Å². The van der Waals surface area contributed by atoms with Gasteiger partial charge in [0.05, 0.1) is 6.10 Å². The third-order valence-corrected chi connectivity index (χ3v) is 1.72. The Balaban J connectivity index is 2.31. The molecule has 0 amide bonds. The highest BCUT2D eigenvalue weighted by atomic mass is 16.3. The number of rotatable bonds is 0. The van der Waals surface area contributed by atoms with Crippen LogP contribution >= 0.6 is 0 Å². The molecule has 0 aromatic heterocycles. The summed E-state index contributed by atoms with van der Waals surface area (Å²) >= 11 is 0. The lowest BCUT2D eigenvalue weighted by atomic mass is 10.4. The van der Waals surface area contributed by atoms with Crippen molar-refractivity contribution in [2.75, 3.05) is 0 Å². The van der Waals surface area contributed by atoms with Gasteiger partial charge in [-0.1, -0.05) is 13.8 Å². The maximum atomic E-state index is 10.3. The van der Waals surface area contributed by atoms with Crippen LogP contribution in [0.4, 0.5) is 0 Å². The van der Waals surface area contributed by atoms with Crippen LogP contribution < -0.4 is 0 Å². The Hall–Kier alpha value is -0.0400. The topological polar surface area (TPSA) is 19.9 Å². The van der Waals surface area contributed by atoms with Gasteiger partial charge in [0.2, 0.25) is 0 Å². The van der Waals surface area contributed by atoms with Crippen LogP contribution in [0.3, 0.4) is 0 Å². The average Bonchev–Trinajstić information content (AvgIpc) is 1.94. The van der Waals surface area contributed by atoms with Crippen LogP contribution in [0.1, 0.15) is 13.8 Å². The summed E-state index contributed by atoms with van der Waals surface area (Å²) in [6.45, 7) is 4.00. The molecule has 1 heteroatoms. The van der Waals surface area contributed by atoms with Crippen molar-refractivity contribution in [2.24, 2.45) is 11.8 Å². The zero-order valence-electron chi connectivity index (χ0n) is 4.14. The fraction of sp³-hybridized carbons (Fsp3) is 1.00. The predicted octanol–water partition coefficient (Wildman–Crippen LogP) is 1.07. The largest absolute Gasteiger partial charge is 0.232 e. The SMILES string of the molecule is C[C@H]1C([O])[C@@H]1C. The van der Waals surface area contributed by atoms with Gasteiger partial charge in [-0.05, 0) is 11.8 Å². The average molecular weight is 85.1 g/mol. The van der Waals surface area contributed by atoms with Gasteiger partial charge in [0.25, 0.3) is 0 Å². The molecule has 0 saturated heterocycles. The minimum atomic E-state index is -0.231. The summed E-state index contributed by atoms with van der Waals surface area (Å²) in [6, 6.07) is 0. The quantitative estimate of drug-likeness (QED) is 0.419. The fourth-order valence-corrected chi connectivity index (χ4v) is 0.617. The van der Waals surface area contributed by atoms with Gasteiger partial charge < -0.3 is 0 Å². The molecule has 35 valence electrons. The standard InChI is InChI=1S/C5H9O/c1-3-4(2)5(3)6/h3-5H,1-2H3/t3-,4-/m1/s1. The van der Waals surface area contributed by atoms with Gasteiger partial charge in [-0.25, -0.2) is 5.11 Å². The third kappa shape index (κ3) is 0.350. The molecule has 1 nitrogen and oxygen atoms in total. The van der Waals surface area contributed by atoms with Crippen molar-refractivity contribution >= 4 is 0 Å². The van der Waals surface area contributed by atoms with Crippen molar-refractivity contribution in [3.8, 4) is 0 Å². The summed E-state index contributed by atoms with van der Waals surface area (Å²) in [5, 5.41) is 10.3. The molecule has 1 saturated carbocycles. The molecular formula is C5H9O. The van der Waals surface area contributed by atoms with E-state index in [1.807, 2.05) is 13.8 Å². The van der Waals surface area contributed by atoms with Crippen molar-refractivity contribution in [3.63, 3.8) is 0 Å². The Morgan fingerprint density at radius 3 is 1.33 bits per heavy atom. The molecule has 1 radical (unpaired) electrons. The van der Waals surface area contributed by atoms with Gasteiger partial charge in [-0.2, -0.15) is 0 Å². The summed E-state index contributed by atoms with van der Waals surface area (Å²) in [5.74, 6) is 0.926. The van der Waals surface area contributed by atoms with E-state index in [9.17, 15) is 5.11 Å². The van der Waals surface area contributed by atoms with E-state index in [1.165, 1.54) is 0 Å². The smallest absolute Gasteiger partial charge is 0.0987 e. The Morgan fingerprint density at radius 1 is 1.17 bits per heavy atom. The summed E-state index contributed by atoms with van der Waals surface area (Å²) in [6.07, 6.45) is -0.231. The van der Waals surface area contributed by atoms with Crippen molar-refractivity contribution < 1.29 is 5.11 Å². The normalized spacial score (nSPS) is 55.5. The Bertz CT molecular complexity index is 40.7. The minimum absolute atomic E-state index is 0.231. The summed E-state index contributed by atoms with van der Waals surface area (Å²) in [4.78, 5) is 0. The van der Waals surface area contributed by atoms with Gasteiger partial charge >= 0.3 is 0 Å². The lowest BCUT2D eigenvalue weighted by Gasteiger charge is -1.64. The monoisotopic (exact) mass is 85.1 g/mol. The molecular weight excluding hydrogens is 76.1 g/mol. The van der Waals surface area contributed by atoms with Crippen molar-refractivity contribution in [2.45, 2.75) is 20.0 Å². The molecule has 1 aliphatic rings. The Labute approximate surface area is 38.0 Å². The maximum Gasteiger partial charge on any atom is 0.0987 e. The van der Waals surface area contributed by atoms with Gasteiger partial charge in [0.15, 0.2) is 0 Å². The van der Waals surface area contributed by atoms with Gasteiger partial charge in [0.1, 0.15) is 0 Å². The van der Waals surface area contributed by atoms with Crippen LogP contribution in [0.2, 0.25) is 0 Å². The maximum absolute atomic E-state index is 10.3. The highest BCUT2D eigenvalue weighted by Crippen LogP contribution is 2.37. The molecule has 0 N–H and O–H groups in total. The Morgan fingerprint density at radius 2 is 1.33 bits per heavy atom. The van der Waals surface area contributed by atoms with E-state index in [-0.39, 0.29) is 6.10 Å². The van der Waals surface area contributed by atoms with E-state index in [2.05, 4.69) is 0 Å². The van der Waals surface area contributed by atoms with Crippen LogP contribution in [0.25, 0.3) is 0 Å². The lowest BCUT2D eigenvalue weighted by Crippen LogP contribution is -1.73. The molecule has 0 aliphatic heterocycles. The molecule has 0 aromatic carbocycles. The van der Waals surface area contributed by atoms with Crippen LogP contribution in [-0.2, 0) is 5.11 Å². The summed E-state index contributed by atoms with van der Waals surface area (Å²) in [5.41, 5.74) is 0. The van der Waals surface area contributed by atoms with E-state index in [0.717, 1.165) is 0 Å². The zero-order chi connectivity index (χ0) is 4.73. The van der Waals surface area contributed by atoms with Gasteiger partial charge in [0, 0.05) is 0 Å². The van der Waals surface area contributed by atoms with Crippen LogP contribution in [0.15, 0.2) is 0 Å². The second-order valence-corrected chi connectivity index (χ2v) is 2.18. The van der Waals surface area contributed by atoms with E-state index in [4.69, 9.17) is 0 Å². The number of hydrogen-bond acceptors (Lipinski definition) is 0. The lowest BCUT2D eigenvalue weighted by molar-refractivity contribution is 0.154. The van der Waals surface area contributed by atoms with Crippen LogP contribution in [-0.4, -0.2) is 6.10 Å². The van der Waals surface area contributed by atoms with Crippen molar-refractivity contribution in [1.82, 2.24) is 0 Å². The first-order chi connectivity index (χ1) is 2.73. The molecule has 1 fully saturated rings. The van der Waals surface area contributed by atoms with E-state index in [0.29, 0.717) is 11.8 Å². The second kappa shape index (κ2) is 0.969. The van der Waals surface area contributed by atoms with E-state index < -0.39 is 0 Å². The first-order valence-corrected chi connectivity index (χ1v) is 2.39. The first-order valence-electron chi connectivity index (χ1n) is 2.39. The highest BCUT2D eigenvalue weighted by molar-refractivity contribution is 4.89. The summed E-state index contributed by atoms with van der Waals surface area (Å²) in [7, 11) is 0. The van der Waals surface area contributed by atoms with Gasteiger partial charge in [-0.15, -0.1) is 0 Å². The molecule has 0 heterocycles. The fourth-order valence-electron chi connectivity index (χ4n) is 0.617. The van der Waals surface area contributed by atoms with Crippen LogP contribution in [0, 0.1) is 11.8 Å².